The summed E-state index contributed by atoms with van der Waals surface area (Å²) < 4.78 is 0. The lowest BCUT2D eigenvalue weighted by Gasteiger charge is -2.10. The van der Waals surface area contributed by atoms with Crippen molar-refractivity contribution in [2.45, 2.75) is 40.0 Å². The number of hydrogen-bond acceptors (Lipinski definition) is 4. The minimum Gasteiger partial charge on any atom is -0.370 e. The lowest BCUT2D eigenvalue weighted by molar-refractivity contribution is 0.687. The van der Waals surface area contributed by atoms with E-state index in [-0.39, 0.29) is 0 Å². The van der Waals surface area contributed by atoms with Gasteiger partial charge in [0, 0.05) is 24.2 Å². The van der Waals surface area contributed by atoms with Gasteiger partial charge in [0.2, 0.25) is 0 Å². The Kier molecular flexibility index (Phi) is 5.91. The van der Waals surface area contributed by atoms with Crippen LogP contribution in [0.15, 0.2) is 6.07 Å². The highest BCUT2D eigenvalue weighted by Gasteiger charge is 2.05. The predicted octanol–water partition coefficient (Wildman–Crippen LogP) is 2.32. The molecular weight excluding hydrogens is 212 g/mol. The molecule has 0 bridgehead atoms. The lowest BCUT2D eigenvalue weighted by Crippen LogP contribution is -2.17. The number of anilines is 1. The summed E-state index contributed by atoms with van der Waals surface area (Å²) in [6.07, 6.45) is 1.11. The summed E-state index contributed by atoms with van der Waals surface area (Å²) >= 11 is 0. The fourth-order valence-electron chi connectivity index (χ4n) is 1.55. The Balaban J connectivity index is 2.47. The van der Waals surface area contributed by atoms with E-state index in [0.29, 0.717) is 5.92 Å². The molecule has 17 heavy (non-hydrogen) atoms. The summed E-state index contributed by atoms with van der Waals surface area (Å²) in [7, 11) is 0. The van der Waals surface area contributed by atoms with E-state index in [1.54, 1.807) is 0 Å². The molecule has 2 N–H and O–H groups in total. The van der Waals surface area contributed by atoms with Crippen molar-refractivity contribution in [3.8, 4) is 0 Å². The van der Waals surface area contributed by atoms with Gasteiger partial charge in [0.05, 0.1) is 0 Å². The van der Waals surface area contributed by atoms with E-state index in [9.17, 15) is 0 Å². The summed E-state index contributed by atoms with van der Waals surface area (Å²) in [6, 6.07) is 2.00. The van der Waals surface area contributed by atoms with Crippen LogP contribution in [0.4, 0.5) is 5.82 Å². The molecule has 0 fully saturated rings. The largest absolute Gasteiger partial charge is 0.370 e. The third-order valence-electron chi connectivity index (χ3n) is 2.47. The molecule has 1 aromatic rings. The van der Waals surface area contributed by atoms with Gasteiger partial charge in [-0.15, -0.1) is 0 Å². The van der Waals surface area contributed by atoms with Gasteiger partial charge in [-0.2, -0.15) is 0 Å². The zero-order chi connectivity index (χ0) is 12.7. The van der Waals surface area contributed by atoms with Crippen LogP contribution in [0.1, 0.15) is 44.6 Å². The monoisotopic (exact) mass is 236 g/mol. The maximum atomic E-state index is 4.51. The molecule has 0 radical (unpaired) electrons. The molecule has 0 atom stereocenters. The molecule has 0 aliphatic rings. The van der Waals surface area contributed by atoms with Gasteiger partial charge >= 0.3 is 0 Å². The third-order valence-corrected chi connectivity index (χ3v) is 2.47. The van der Waals surface area contributed by atoms with Gasteiger partial charge in [-0.3, -0.25) is 0 Å². The molecule has 0 aromatic carbocycles. The van der Waals surface area contributed by atoms with E-state index in [4.69, 9.17) is 0 Å². The summed E-state index contributed by atoms with van der Waals surface area (Å²) in [5, 5.41) is 6.65. The summed E-state index contributed by atoms with van der Waals surface area (Å²) in [6.45, 7) is 11.4. The van der Waals surface area contributed by atoms with Crippen molar-refractivity contribution < 1.29 is 0 Å². The second-order valence-corrected chi connectivity index (χ2v) is 4.54. The molecule has 1 aromatic heterocycles. The first kappa shape index (κ1) is 13.9. The first-order valence-electron chi connectivity index (χ1n) is 6.43. The first-order valence-corrected chi connectivity index (χ1v) is 6.43. The Morgan fingerprint density at radius 1 is 1.24 bits per heavy atom. The normalized spacial score (nSPS) is 10.9. The highest BCUT2D eigenvalue weighted by Crippen LogP contribution is 2.13. The van der Waals surface area contributed by atoms with Crippen molar-refractivity contribution in [3.63, 3.8) is 0 Å². The first-order chi connectivity index (χ1) is 8.13. The maximum absolute atomic E-state index is 4.51. The number of aromatic nitrogens is 2. The Bertz CT molecular complexity index is 336. The topological polar surface area (TPSA) is 49.8 Å². The Morgan fingerprint density at radius 3 is 2.65 bits per heavy atom. The van der Waals surface area contributed by atoms with E-state index in [1.165, 1.54) is 0 Å². The standard InChI is InChI=1S/C13H24N4/c1-5-14-7-6-8-15-12-9-11(4)16-13(17-12)10(2)3/h9-10,14H,5-8H2,1-4H3,(H,15,16,17). The second kappa shape index (κ2) is 7.22. The summed E-state index contributed by atoms with van der Waals surface area (Å²) in [5.74, 6) is 2.23. The van der Waals surface area contributed by atoms with Gasteiger partial charge in [-0.1, -0.05) is 20.8 Å². The Morgan fingerprint density at radius 2 is 2.00 bits per heavy atom. The Hall–Kier alpha value is -1.16. The average molecular weight is 236 g/mol. The molecule has 0 unspecified atom stereocenters. The zero-order valence-electron chi connectivity index (χ0n) is 11.4. The van der Waals surface area contributed by atoms with E-state index >= 15 is 0 Å². The summed E-state index contributed by atoms with van der Waals surface area (Å²) in [4.78, 5) is 8.94. The van der Waals surface area contributed by atoms with Crippen molar-refractivity contribution >= 4 is 5.82 Å². The van der Waals surface area contributed by atoms with Crippen molar-refractivity contribution in [1.29, 1.82) is 0 Å². The van der Waals surface area contributed by atoms with Crippen LogP contribution in [0.3, 0.4) is 0 Å². The van der Waals surface area contributed by atoms with Crippen molar-refractivity contribution in [2.24, 2.45) is 0 Å². The van der Waals surface area contributed by atoms with Gasteiger partial charge in [-0.05, 0) is 26.4 Å². The molecule has 4 heteroatoms. The fraction of sp³-hybridized carbons (Fsp3) is 0.692. The summed E-state index contributed by atoms with van der Waals surface area (Å²) in [5.41, 5.74) is 1.03. The SMILES string of the molecule is CCNCCCNc1cc(C)nc(C(C)C)n1. The lowest BCUT2D eigenvalue weighted by atomic mass is 10.2. The molecule has 96 valence electrons. The van der Waals surface area contributed by atoms with Gasteiger partial charge in [0.25, 0.3) is 0 Å². The molecule has 0 aliphatic heterocycles. The van der Waals surface area contributed by atoms with Crippen LogP contribution < -0.4 is 10.6 Å². The average Bonchev–Trinajstić information content (AvgIpc) is 2.28. The molecule has 0 spiro atoms. The van der Waals surface area contributed by atoms with Gasteiger partial charge < -0.3 is 10.6 Å². The second-order valence-electron chi connectivity index (χ2n) is 4.54. The van der Waals surface area contributed by atoms with Crippen LogP contribution in [0.2, 0.25) is 0 Å². The van der Waals surface area contributed by atoms with Crippen LogP contribution in [0, 0.1) is 6.92 Å². The molecular formula is C13H24N4. The molecule has 0 amide bonds. The molecule has 0 saturated heterocycles. The van der Waals surface area contributed by atoms with Crippen LogP contribution in [0.5, 0.6) is 0 Å². The third kappa shape index (κ3) is 5.13. The molecule has 4 nitrogen and oxygen atoms in total. The number of nitrogens with zero attached hydrogens (tertiary/aromatic N) is 2. The van der Waals surface area contributed by atoms with Crippen LogP contribution in [-0.2, 0) is 0 Å². The molecule has 1 heterocycles. The van der Waals surface area contributed by atoms with Gasteiger partial charge in [0.15, 0.2) is 0 Å². The van der Waals surface area contributed by atoms with Gasteiger partial charge in [0.1, 0.15) is 11.6 Å². The van der Waals surface area contributed by atoms with E-state index < -0.39 is 0 Å². The maximum Gasteiger partial charge on any atom is 0.133 e. The number of nitrogens with one attached hydrogen (secondary N) is 2. The van der Waals surface area contributed by atoms with Crippen LogP contribution >= 0.6 is 0 Å². The number of rotatable bonds is 7. The van der Waals surface area contributed by atoms with E-state index in [1.807, 2.05) is 13.0 Å². The van der Waals surface area contributed by atoms with Crippen molar-refractivity contribution in [1.82, 2.24) is 15.3 Å². The van der Waals surface area contributed by atoms with E-state index in [2.05, 4.69) is 41.4 Å². The van der Waals surface area contributed by atoms with Crippen molar-refractivity contribution in [3.05, 3.63) is 17.6 Å². The molecule has 0 saturated carbocycles. The fourth-order valence-corrected chi connectivity index (χ4v) is 1.55. The zero-order valence-corrected chi connectivity index (χ0v) is 11.4. The quantitative estimate of drug-likeness (QED) is 0.713. The van der Waals surface area contributed by atoms with E-state index in [0.717, 1.165) is 43.4 Å². The van der Waals surface area contributed by atoms with Gasteiger partial charge in [-0.25, -0.2) is 9.97 Å². The number of hydrogen-bond donors (Lipinski definition) is 2. The predicted molar refractivity (Wildman–Crippen MR) is 72.5 cm³/mol. The minimum absolute atomic E-state index is 0.372. The highest BCUT2D eigenvalue weighted by molar-refractivity contribution is 5.36. The van der Waals surface area contributed by atoms with Crippen molar-refractivity contribution in [2.75, 3.05) is 25.0 Å². The van der Waals surface area contributed by atoms with Crippen LogP contribution in [-0.4, -0.2) is 29.6 Å². The van der Waals surface area contributed by atoms with Crippen LogP contribution in [0.25, 0.3) is 0 Å². The highest BCUT2D eigenvalue weighted by atomic mass is 15.0. The Labute approximate surface area is 104 Å². The number of aryl methyl sites for hydroxylation is 1. The minimum atomic E-state index is 0.372. The molecule has 1 rings (SSSR count). The smallest absolute Gasteiger partial charge is 0.133 e. The molecule has 0 aliphatic carbocycles.